The molecule has 0 bridgehead atoms. The number of hydrogen-bond acceptors (Lipinski definition) is 12. The van der Waals surface area contributed by atoms with Gasteiger partial charge < -0.3 is 57.5 Å². The normalized spacial score (nSPS) is 9.00. The van der Waals surface area contributed by atoms with Gasteiger partial charge >= 0.3 is 27.1 Å². The Bertz CT molecular complexity index is 106. The van der Waals surface area contributed by atoms with Gasteiger partial charge in [0.25, 0.3) is 0 Å². The summed E-state index contributed by atoms with van der Waals surface area (Å²) in [4.78, 5) is 87.9. The quantitative estimate of drug-likeness (QED) is 0.101. The molecule has 12 N–H and O–H groups in total. The summed E-state index contributed by atoms with van der Waals surface area (Å²) < 4.78 is 0. The molecular weight excluding hydrogens is 1130 g/mol. The fraction of sp³-hybridized carbons (Fsp3) is 0. The molecule has 4 radical (unpaired) electrons. The summed E-state index contributed by atoms with van der Waals surface area (Å²) in [5.41, 5.74) is 0. The van der Waals surface area contributed by atoms with Crippen LogP contribution in [0.1, 0.15) is 0 Å². The fourth-order valence-electron chi connectivity index (χ4n) is 0. The second-order valence-electron chi connectivity index (χ2n) is 1.80. The van der Waals surface area contributed by atoms with Crippen molar-refractivity contribution < 1.29 is 245 Å². The maximum absolute atomic E-state index is 7.33. The van der Waals surface area contributed by atoms with E-state index in [1.54, 1.807) is 0 Å². The van der Waals surface area contributed by atoms with E-state index in [1.807, 2.05) is 0 Å². The Kier molecular flexibility index (Phi) is 64.0. The van der Waals surface area contributed by atoms with Crippen molar-refractivity contribution in [2.45, 2.75) is 0 Å². The zero-order chi connectivity index (χ0) is 13.5. The molecule has 0 amide bonds. The third kappa shape index (κ3) is 324. The van der Waals surface area contributed by atoms with Crippen LogP contribution in [-0.4, -0.2) is 84.7 Å². The molecule has 164 valence electrons. The predicted octanol–water partition coefficient (Wildman–Crippen LogP) is -7.83. The summed E-state index contributed by atoms with van der Waals surface area (Å²) in [5.74, 6) is 0. The summed E-state index contributed by atoms with van der Waals surface area (Å²) in [7, 11) is -13.8. The van der Waals surface area contributed by atoms with Crippen molar-refractivity contribution >= 4 is 27.1 Å². The van der Waals surface area contributed by atoms with Gasteiger partial charge in [0.2, 0.25) is 0 Å². The summed E-state index contributed by atoms with van der Waals surface area (Å²) >= 11 is 0. The summed E-state index contributed by atoms with van der Waals surface area (Å²) in [6.45, 7) is 0. The topological polar surface area (TPSA) is 243 Å². The van der Waals surface area contributed by atoms with Gasteiger partial charge in [-0.3, -0.25) is 0 Å². The molecule has 20 heavy (non-hydrogen) atoms. The Hall–Kier alpha value is 6.43. The first-order chi connectivity index (χ1) is 6.00. The van der Waals surface area contributed by atoms with Gasteiger partial charge in [0.15, 0.2) is 0 Å². The van der Waals surface area contributed by atoms with Gasteiger partial charge in [0.1, 0.15) is 0 Å². The Labute approximate surface area is 265 Å². The van der Waals surface area contributed by atoms with Crippen LogP contribution >= 0.6 is 0 Å². The van der Waals surface area contributed by atoms with Gasteiger partial charge in [-0.2, -0.15) is 0 Å². The summed E-state index contributed by atoms with van der Waals surface area (Å²) in [5, 5.41) is 0. The van der Waals surface area contributed by atoms with E-state index in [-0.39, 0.29) is 187 Å². The molecule has 0 aromatic heterocycles. The van der Waals surface area contributed by atoms with Crippen molar-refractivity contribution in [2.24, 2.45) is 0 Å². The zero-order valence-corrected chi connectivity index (χ0v) is 20.1. The third-order valence-electron chi connectivity index (χ3n) is 0. The molecule has 0 aromatic carbocycles. The SMILES string of the molecule is O[Si](O)(O)O.O[Si](O)(O)O.O[Si](O)(O)O.[Gd].[Lu].[Lu].[Lu].[Lu]. The van der Waals surface area contributed by atoms with Crippen LogP contribution in [0.25, 0.3) is 0 Å². The first-order valence-corrected chi connectivity index (χ1v) is 8.05. The van der Waals surface area contributed by atoms with E-state index >= 15 is 0 Å². The van der Waals surface area contributed by atoms with Crippen LogP contribution in [-0.2, 0) is 0 Å². The fourth-order valence-corrected chi connectivity index (χ4v) is 0. The van der Waals surface area contributed by atoms with Gasteiger partial charge in [0.05, 0.1) is 0 Å². The van der Waals surface area contributed by atoms with Crippen molar-refractivity contribution in [3.05, 3.63) is 0 Å². The van der Waals surface area contributed by atoms with Crippen LogP contribution in [0.15, 0.2) is 0 Å². The number of rotatable bonds is 0. The largest absolute Gasteiger partial charge is 0.668 e. The molecule has 0 saturated heterocycles. The molecule has 0 unspecified atom stereocenters. The van der Waals surface area contributed by atoms with Gasteiger partial charge in [-0.05, 0) is 0 Å². The van der Waals surface area contributed by atoms with Crippen LogP contribution < -0.4 is 0 Å². The van der Waals surface area contributed by atoms with E-state index in [2.05, 4.69) is 0 Å². The van der Waals surface area contributed by atoms with Crippen LogP contribution in [0, 0.1) is 187 Å². The molecular formula is H12GdLu4O12Si3. The molecule has 0 saturated carbocycles. The summed E-state index contributed by atoms with van der Waals surface area (Å²) in [6.07, 6.45) is 0. The smallest absolute Gasteiger partial charge is 0.368 e. The average molecular weight is 1150 g/mol. The first kappa shape index (κ1) is 50.3. The van der Waals surface area contributed by atoms with Gasteiger partial charge in [0, 0.05) is 187 Å². The Morgan fingerprint density at radius 2 is 0.300 bits per heavy atom. The number of hydrogen-bond donors (Lipinski definition) is 12. The predicted molar refractivity (Wildman–Crippen MR) is 43.9 cm³/mol. The molecule has 0 fully saturated rings. The van der Waals surface area contributed by atoms with Crippen molar-refractivity contribution in [3.8, 4) is 0 Å². The van der Waals surface area contributed by atoms with Crippen LogP contribution in [0.2, 0.25) is 0 Å². The molecule has 0 heterocycles. The standard InChI is InChI=1S/Gd.4Lu.3H4O4Si/c;;;;;3*1-5(2,3)4/h;;;;;3*1-4H. The second kappa shape index (κ2) is 25.4. The molecule has 0 aliphatic carbocycles. The molecule has 0 rings (SSSR count). The van der Waals surface area contributed by atoms with E-state index in [0.29, 0.717) is 0 Å². The maximum Gasteiger partial charge on any atom is 0.668 e. The Morgan fingerprint density at radius 1 is 0.300 bits per heavy atom. The third-order valence-corrected chi connectivity index (χ3v) is 0. The molecule has 0 spiro atoms. The Morgan fingerprint density at radius 3 is 0.300 bits per heavy atom. The minimum absolute atomic E-state index is 0. The second-order valence-corrected chi connectivity index (χ2v) is 5.40. The monoisotopic (exact) mass is 1150 g/mol. The van der Waals surface area contributed by atoms with Crippen LogP contribution in [0.4, 0.5) is 0 Å². The van der Waals surface area contributed by atoms with Crippen LogP contribution in [0.3, 0.4) is 0 Å². The zero-order valence-electron chi connectivity index (χ0n) is 8.25. The van der Waals surface area contributed by atoms with E-state index in [1.165, 1.54) is 0 Å². The van der Waals surface area contributed by atoms with Gasteiger partial charge in [-0.1, -0.05) is 0 Å². The van der Waals surface area contributed by atoms with E-state index in [9.17, 15) is 0 Å². The molecule has 12 nitrogen and oxygen atoms in total. The first-order valence-electron chi connectivity index (χ1n) is 2.68. The molecule has 0 aromatic rings. The van der Waals surface area contributed by atoms with Crippen LogP contribution in [0.5, 0.6) is 0 Å². The summed E-state index contributed by atoms with van der Waals surface area (Å²) in [6, 6.07) is 0. The molecule has 0 aliphatic rings. The minimum Gasteiger partial charge on any atom is -0.368 e. The van der Waals surface area contributed by atoms with Crippen molar-refractivity contribution in [3.63, 3.8) is 0 Å². The molecule has 20 heteroatoms. The van der Waals surface area contributed by atoms with Crippen molar-refractivity contribution in [1.29, 1.82) is 0 Å². The minimum atomic E-state index is -4.61. The van der Waals surface area contributed by atoms with E-state index in [0.717, 1.165) is 0 Å². The maximum atomic E-state index is 7.33. The molecule has 0 aliphatic heterocycles. The average Bonchev–Trinajstić information content (AvgIpc) is 1.41. The van der Waals surface area contributed by atoms with Crippen molar-refractivity contribution in [2.75, 3.05) is 0 Å². The van der Waals surface area contributed by atoms with E-state index in [4.69, 9.17) is 57.5 Å². The van der Waals surface area contributed by atoms with Gasteiger partial charge in [-0.25, -0.2) is 0 Å². The molecule has 0 atom stereocenters. The van der Waals surface area contributed by atoms with Crippen molar-refractivity contribution in [1.82, 2.24) is 0 Å². The van der Waals surface area contributed by atoms with E-state index < -0.39 is 27.1 Å². The van der Waals surface area contributed by atoms with Gasteiger partial charge in [-0.15, -0.1) is 0 Å². The Balaban J connectivity index is -0.0000000160.